The van der Waals surface area contributed by atoms with E-state index in [9.17, 15) is 10.5 Å². The number of nitrogens with zero attached hydrogens (tertiary/aromatic N) is 4. The summed E-state index contributed by atoms with van der Waals surface area (Å²) >= 11 is 0. The van der Waals surface area contributed by atoms with Crippen LogP contribution < -0.4 is 0 Å². The quantitative estimate of drug-likeness (QED) is 0.194. The van der Waals surface area contributed by atoms with Crippen molar-refractivity contribution in [3.8, 4) is 68.2 Å². The number of hydrogen-bond acceptors (Lipinski definition) is 4. The molecule has 0 spiro atoms. The molecule has 0 atom stereocenters. The molecule has 0 saturated carbocycles. The van der Waals surface area contributed by atoms with Gasteiger partial charge in [0.05, 0.1) is 34.5 Å². The summed E-state index contributed by atoms with van der Waals surface area (Å²) in [6.45, 7) is 0. The first kappa shape index (κ1) is 28.6. The van der Waals surface area contributed by atoms with Crippen molar-refractivity contribution < 1.29 is 0 Å². The second-order valence-corrected chi connectivity index (χ2v) is 11.7. The minimum Gasteiger partial charge on any atom is -0.228 e. The van der Waals surface area contributed by atoms with Gasteiger partial charge in [-0.1, -0.05) is 133 Å². The van der Waals surface area contributed by atoms with Crippen molar-refractivity contribution >= 4 is 21.7 Å². The molecule has 1 heterocycles. The Balaban J connectivity index is 1.22. The van der Waals surface area contributed by atoms with Crippen LogP contribution in [0.5, 0.6) is 0 Å². The summed E-state index contributed by atoms with van der Waals surface area (Å²) in [6.07, 6.45) is 0. The fourth-order valence-corrected chi connectivity index (χ4v) is 6.38. The van der Waals surface area contributed by atoms with Crippen LogP contribution in [0, 0.1) is 22.7 Å². The van der Waals surface area contributed by atoms with E-state index >= 15 is 0 Å². The lowest BCUT2D eigenvalue weighted by molar-refractivity contribution is 1.23. The van der Waals surface area contributed by atoms with Gasteiger partial charge in [0, 0.05) is 16.5 Å². The van der Waals surface area contributed by atoms with E-state index < -0.39 is 0 Å². The van der Waals surface area contributed by atoms with Crippen LogP contribution in [0.2, 0.25) is 0 Å². The van der Waals surface area contributed by atoms with Crippen molar-refractivity contribution in [2.24, 2.45) is 0 Å². The first-order chi connectivity index (χ1) is 23.7. The second kappa shape index (κ2) is 12.1. The number of benzene rings is 7. The molecule has 4 heteroatoms. The van der Waals surface area contributed by atoms with E-state index in [2.05, 4.69) is 115 Å². The van der Waals surface area contributed by atoms with Crippen molar-refractivity contribution in [2.45, 2.75) is 0 Å². The molecule has 8 aromatic rings. The Morgan fingerprint density at radius 1 is 0.375 bits per heavy atom. The standard InChI is InChI=1S/C44H26N4/c45-27-29-24-30(28-46)26-36(25-29)33-14-18-34(19-15-33)37-22-23-40(39-11-5-4-10-38(37)39)43-41-12-6-7-13-42(41)47-44(48-43)35-20-16-32(17-21-35)31-8-2-1-3-9-31/h1-26H. The molecule has 0 amide bonds. The Morgan fingerprint density at radius 3 is 1.54 bits per heavy atom. The highest BCUT2D eigenvalue weighted by atomic mass is 14.9. The monoisotopic (exact) mass is 610 g/mol. The zero-order valence-corrected chi connectivity index (χ0v) is 25.8. The lowest BCUT2D eigenvalue weighted by atomic mass is 9.91. The molecule has 7 aromatic carbocycles. The first-order valence-electron chi connectivity index (χ1n) is 15.7. The summed E-state index contributed by atoms with van der Waals surface area (Å²) in [5.41, 5.74) is 11.0. The lowest BCUT2D eigenvalue weighted by Crippen LogP contribution is -1.96. The normalized spacial score (nSPS) is 10.9. The minimum absolute atomic E-state index is 0.472. The fraction of sp³-hybridized carbons (Fsp3) is 0. The highest BCUT2D eigenvalue weighted by Gasteiger charge is 2.16. The van der Waals surface area contributed by atoms with Crippen LogP contribution >= 0.6 is 0 Å². The van der Waals surface area contributed by atoms with E-state index in [0.717, 1.165) is 66.3 Å². The van der Waals surface area contributed by atoms with Gasteiger partial charge in [-0.2, -0.15) is 10.5 Å². The van der Waals surface area contributed by atoms with Crippen LogP contribution in [0.4, 0.5) is 0 Å². The third-order valence-electron chi connectivity index (χ3n) is 8.75. The molecule has 222 valence electrons. The van der Waals surface area contributed by atoms with Crippen molar-refractivity contribution in [2.75, 3.05) is 0 Å². The van der Waals surface area contributed by atoms with Gasteiger partial charge in [-0.05, 0) is 68.4 Å². The minimum atomic E-state index is 0.472. The molecule has 0 saturated heterocycles. The molecule has 0 fully saturated rings. The molecule has 0 aliphatic carbocycles. The van der Waals surface area contributed by atoms with E-state index in [1.54, 1.807) is 6.07 Å². The van der Waals surface area contributed by atoms with Crippen LogP contribution in [0.15, 0.2) is 158 Å². The molecule has 0 bridgehead atoms. The number of para-hydroxylation sites is 1. The average molecular weight is 611 g/mol. The number of rotatable bonds is 5. The molecule has 0 radical (unpaired) electrons. The van der Waals surface area contributed by atoms with Crippen LogP contribution in [0.25, 0.3) is 77.7 Å². The maximum atomic E-state index is 9.44. The number of hydrogen-bond donors (Lipinski definition) is 0. The van der Waals surface area contributed by atoms with Gasteiger partial charge in [0.2, 0.25) is 0 Å². The number of fused-ring (bicyclic) bond motifs is 2. The predicted molar refractivity (Wildman–Crippen MR) is 194 cm³/mol. The van der Waals surface area contributed by atoms with Crippen molar-refractivity contribution in [3.63, 3.8) is 0 Å². The molecule has 48 heavy (non-hydrogen) atoms. The molecule has 0 aliphatic rings. The zero-order chi connectivity index (χ0) is 32.5. The topological polar surface area (TPSA) is 73.4 Å². The van der Waals surface area contributed by atoms with Gasteiger partial charge < -0.3 is 0 Å². The summed E-state index contributed by atoms with van der Waals surface area (Å²) < 4.78 is 0. The third-order valence-corrected chi connectivity index (χ3v) is 8.75. The highest BCUT2D eigenvalue weighted by molar-refractivity contribution is 6.08. The first-order valence-corrected chi connectivity index (χ1v) is 15.7. The van der Waals surface area contributed by atoms with Gasteiger partial charge in [-0.15, -0.1) is 0 Å². The van der Waals surface area contributed by atoms with Gasteiger partial charge in [0.15, 0.2) is 5.82 Å². The molecule has 0 unspecified atom stereocenters. The highest BCUT2D eigenvalue weighted by Crippen LogP contribution is 2.39. The van der Waals surface area contributed by atoms with Crippen LogP contribution in [-0.2, 0) is 0 Å². The Labute approximate surface area is 278 Å². The molecule has 0 aliphatic heterocycles. The molecular formula is C44H26N4. The number of nitriles is 2. The van der Waals surface area contributed by atoms with Gasteiger partial charge in [0.25, 0.3) is 0 Å². The van der Waals surface area contributed by atoms with E-state index in [4.69, 9.17) is 9.97 Å². The van der Waals surface area contributed by atoms with Crippen LogP contribution in [0.3, 0.4) is 0 Å². The molecule has 0 N–H and O–H groups in total. The van der Waals surface area contributed by atoms with E-state index in [1.807, 2.05) is 48.5 Å². The van der Waals surface area contributed by atoms with E-state index in [-0.39, 0.29) is 0 Å². The van der Waals surface area contributed by atoms with Gasteiger partial charge >= 0.3 is 0 Å². The summed E-state index contributed by atoms with van der Waals surface area (Å²) in [5, 5.41) is 22.1. The van der Waals surface area contributed by atoms with Crippen LogP contribution in [-0.4, -0.2) is 9.97 Å². The summed E-state index contributed by atoms with van der Waals surface area (Å²) in [5.74, 6) is 0.687. The van der Waals surface area contributed by atoms with Gasteiger partial charge in [0.1, 0.15) is 0 Å². The Bertz CT molecular complexity index is 2520. The summed E-state index contributed by atoms with van der Waals surface area (Å²) in [6, 6.07) is 57.6. The molecule has 1 aromatic heterocycles. The Kier molecular flexibility index (Phi) is 7.23. The van der Waals surface area contributed by atoms with Crippen molar-refractivity contribution in [1.29, 1.82) is 10.5 Å². The van der Waals surface area contributed by atoms with E-state index in [1.165, 1.54) is 5.56 Å². The second-order valence-electron chi connectivity index (χ2n) is 11.7. The summed E-state index contributed by atoms with van der Waals surface area (Å²) in [7, 11) is 0. The van der Waals surface area contributed by atoms with Crippen LogP contribution in [0.1, 0.15) is 11.1 Å². The molecule has 8 rings (SSSR count). The largest absolute Gasteiger partial charge is 0.228 e. The van der Waals surface area contributed by atoms with Gasteiger partial charge in [-0.3, -0.25) is 0 Å². The number of aromatic nitrogens is 2. The SMILES string of the molecule is N#Cc1cc(C#N)cc(-c2ccc(-c3ccc(-c4nc(-c5ccc(-c6ccccc6)cc5)nc5ccccc45)c4ccccc34)cc2)c1. The smallest absolute Gasteiger partial charge is 0.160 e. The maximum Gasteiger partial charge on any atom is 0.160 e. The molecular weight excluding hydrogens is 585 g/mol. The third kappa shape index (κ3) is 5.24. The maximum absolute atomic E-state index is 9.44. The molecule has 4 nitrogen and oxygen atoms in total. The predicted octanol–water partition coefficient (Wildman–Crippen LogP) is 10.9. The van der Waals surface area contributed by atoms with Gasteiger partial charge in [-0.25, -0.2) is 9.97 Å². The summed E-state index contributed by atoms with van der Waals surface area (Å²) in [4.78, 5) is 10.2. The lowest BCUT2D eigenvalue weighted by Gasteiger charge is -2.15. The zero-order valence-electron chi connectivity index (χ0n) is 25.8. The van der Waals surface area contributed by atoms with Crippen molar-refractivity contribution in [1.82, 2.24) is 9.97 Å². The fourth-order valence-electron chi connectivity index (χ4n) is 6.38. The Hall–Kier alpha value is -6.88. The van der Waals surface area contributed by atoms with Crippen molar-refractivity contribution in [3.05, 3.63) is 169 Å². The average Bonchev–Trinajstić information content (AvgIpc) is 3.17. The Morgan fingerprint density at radius 2 is 0.875 bits per heavy atom. The van der Waals surface area contributed by atoms with E-state index in [0.29, 0.717) is 17.0 Å².